The van der Waals surface area contributed by atoms with Crippen LogP contribution in [0, 0.1) is 10.8 Å². The molecule has 0 aliphatic rings. The summed E-state index contributed by atoms with van der Waals surface area (Å²) in [4.78, 5) is 52.0. The maximum absolute atomic E-state index is 13.0. The van der Waals surface area contributed by atoms with Crippen molar-refractivity contribution < 1.29 is 53.1 Å². The molecule has 0 aromatic heterocycles. The molecule has 11 nitrogen and oxygen atoms in total. The predicted molar refractivity (Wildman–Crippen MR) is 281 cm³/mol. The molecule has 2 N–H and O–H groups in total. The van der Waals surface area contributed by atoms with Crippen LogP contribution in [0.15, 0.2) is 0 Å². The molecule has 0 aromatic rings. The Morgan fingerprint density at radius 1 is 0.275 bits per heavy atom. The van der Waals surface area contributed by atoms with Crippen molar-refractivity contribution in [3.05, 3.63) is 0 Å². The Morgan fingerprint density at radius 2 is 0.449 bits per heavy atom. The van der Waals surface area contributed by atoms with Crippen molar-refractivity contribution in [1.82, 2.24) is 0 Å². The van der Waals surface area contributed by atoms with Gasteiger partial charge in [0.2, 0.25) is 0 Å². The fourth-order valence-corrected chi connectivity index (χ4v) is 8.55. The Hall–Kier alpha value is -2.24. The van der Waals surface area contributed by atoms with Crippen LogP contribution < -0.4 is 0 Å². The van der Waals surface area contributed by atoms with Crippen molar-refractivity contribution in [2.45, 2.75) is 285 Å². The van der Waals surface area contributed by atoms with Crippen LogP contribution in [-0.2, 0) is 42.9 Å². The van der Waals surface area contributed by atoms with Crippen molar-refractivity contribution >= 4 is 23.9 Å². The van der Waals surface area contributed by atoms with Crippen LogP contribution in [0.4, 0.5) is 0 Å². The van der Waals surface area contributed by atoms with Gasteiger partial charge in [0.25, 0.3) is 0 Å². The molecule has 0 saturated heterocycles. The van der Waals surface area contributed by atoms with Gasteiger partial charge in [0.05, 0.1) is 37.3 Å². The molecule has 0 bridgehead atoms. The van der Waals surface area contributed by atoms with E-state index in [-0.39, 0.29) is 89.2 Å². The largest absolute Gasteiger partial charge is 0.465 e. The van der Waals surface area contributed by atoms with Crippen molar-refractivity contribution in [2.75, 3.05) is 52.9 Å². The summed E-state index contributed by atoms with van der Waals surface area (Å²) >= 11 is 0. The van der Waals surface area contributed by atoms with Gasteiger partial charge in [-0.1, -0.05) is 233 Å². The minimum Gasteiger partial charge on any atom is -0.465 e. The molecule has 408 valence electrons. The number of aliphatic hydroxyl groups is 2. The number of hydrogen-bond acceptors (Lipinski definition) is 11. The highest BCUT2D eigenvalue weighted by Gasteiger charge is 2.38. The Labute approximate surface area is 423 Å². The lowest BCUT2D eigenvalue weighted by atomic mass is 9.90. The van der Waals surface area contributed by atoms with E-state index in [4.69, 9.17) is 23.7 Å². The van der Waals surface area contributed by atoms with E-state index < -0.39 is 24.0 Å². The highest BCUT2D eigenvalue weighted by atomic mass is 16.6. The molecule has 11 heteroatoms. The third-order valence-corrected chi connectivity index (χ3v) is 13.6. The van der Waals surface area contributed by atoms with E-state index in [9.17, 15) is 29.4 Å². The highest BCUT2D eigenvalue weighted by Crippen LogP contribution is 2.26. The number of esters is 4. The highest BCUT2D eigenvalue weighted by molar-refractivity contribution is 5.70. The molecule has 0 radical (unpaired) electrons. The van der Waals surface area contributed by atoms with Crippen molar-refractivity contribution in [1.29, 1.82) is 0 Å². The molecule has 0 spiro atoms. The fraction of sp³-hybridized carbons (Fsp3) is 0.931. The minimum atomic E-state index is -1.29. The molecule has 0 amide bonds. The lowest BCUT2D eigenvalue weighted by Gasteiger charge is -2.34. The van der Waals surface area contributed by atoms with Gasteiger partial charge in [0, 0.05) is 25.7 Å². The van der Waals surface area contributed by atoms with Gasteiger partial charge in [-0.15, -0.1) is 0 Å². The molecule has 69 heavy (non-hydrogen) atoms. The molecule has 0 atom stereocenters. The van der Waals surface area contributed by atoms with Gasteiger partial charge in [-0.2, -0.15) is 0 Å². The first-order valence-corrected chi connectivity index (χ1v) is 29.1. The molecule has 0 fully saturated rings. The van der Waals surface area contributed by atoms with E-state index in [2.05, 4.69) is 27.7 Å². The molecule has 0 saturated carbocycles. The van der Waals surface area contributed by atoms with Gasteiger partial charge in [0.1, 0.15) is 26.4 Å². The summed E-state index contributed by atoms with van der Waals surface area (Å²) in [5.41, 5.74) is -2.58. The zero-order valence-corrected chi connectivity index (χ0v) is 45.5. The summed E-state index contributed by atoms with van der Waals surface area (Å²) in [6, 6.07) is 0. The maximum atomic E-state index is 13.0. The predicted octanol–water partition coefficient (Wildman–Crippen LogP) is 14.8. The van der Waals surface area contributed by atoms with Crippen LogP contribution in [0.2, 0.25) is 0 Å². The second-order valence-corrected chi connectivity index (χ2v) is 20.8. The fourth-order valence-electron chi connectivity index (χ4n) is 8.55. The van der Waals surface area contributed by atoms with E-state index in [1.54, 1.807) is 0 Å². The monoisotopic (exact) mass is 983 g/mol. The lowest BCUT2D eigenvalue weighted by molar-refractivity contribution is -0.168. The van der Waals surface area contributed by atoms with Crippen molar-refractivity contribution in [3.63, 3.8) is 0 Å². The van der Waals surface area contributed by atoms with Gasteiger partial charge in [0.15, 0.2) is 0 Å². The lowest BCUT2D eigenvalue weighted by Crippen LogP contribution is -2.46. The average molecular weight is 984 g/mol. The Balaban J connectivity index is 5.67. The number of aliphatic hydroxyl groups excluding tert-OH is 2. The molecule has 0 rings (SSSR count). The minimum absolute atomic E-state index is 0.194. The topological polar surface area (TPSA) is 155 Å². The summed E-state index contributed by atoms with van der Waals surface area (Å²) in [6.07, 6.45) is 41.4. The average Bonchev–Trinajstić information content (AvgIpc) is 3.35. The number of ether oxygens (including phenoxy) is 5. The van der Waals surface area contributed by atoms with Crippen LogP contribution in [0.3, 0.4) is 0 Å². The molecule has 0 aromatic carbocycles. The van der Waals surface area contributed by atoms with Crippen molar-refractivity contribution in [3.8, 4) is 0 Å². The summed E-state index contributed by atoms with van der Waals surface area (Å²) in [7, 11) is 0. The Morgan fingerprint density at radius 3 is 0.623 bits per heavy atom. The van der Waals surface area contributed by atoms with E-state index in [1.165, 1.54) is 128 Å². The zero-order valence-electron chi connectivity index (χ0n) is 45.5. The second-order valence-electron chi connectivity index (χ2n) is 20.8. The van der Waals surface area contributed by atoms with E-state index in [0.29, 0.717) is 25.7 Å². The summed E-state index contributed by atoms with van der Waals surface area (Å²) in [5, 5.41) is 21.7. The number of carbonyl (C=O) groups is 4. The standard InChI is InChI=1S/C58H110O11/c1-5-9-13-17-21-25-29-33-37-41-53(61)66-49-57(45-59,50-67-54(62)42-38-34-30-26-22-18-14-10-6-2)47-65-48-58(46-60,51-68-55(63)43-39-35-31-27-23-19-15-11-7-3)52-69-56(64)44-40-36-32-28-24-20-16-12-8-4/h59-60H,5-52H2,1-4H3. The van der Waals surface area contributed by atoms with Gasteiger partial charge >= 0.3 is 23.9 Å². The molecular weight excluding hydrogens is 873 g/mol. The SMILES string of the molecule is CCCCCCCCCCCC(=O)OCC(CO)(COCC(CO)(COC(=O)CCCCCCCCCCC)COC(=O)CCCCCCCCCCC)COC(=O)CCCCCCCCCCC. The molecule has 0 heterocycles. The smallest absolute Gasteiger partial charge is 0.305 e. The van der Waals surface area contributed by atoms with Gasteiger partial charge in [-0.25, -0.2) is 0 Å². The first kappa shape index (κ1) is 66.8. The first-order valence-electron chi connectivity index (χ1n) is 29.1. The summed E-state index contributed by atoms with van der Waals surface area (Å²) in [5.74, 6) is -1.56. The molecule has 0 aliphatic heterocycles. The van der Waals surface area contributed by atoms with Crippen LogP contribution >= 0.6 is 0 Å². The number of unbranched alkanes of at least 4 members (excludes halogenated alkanes) is 32. The van der Waals surface area contributed by atoms with Crippen molar-refractivity contribution in [2.24, 2.45) is 10.8 Å². The Kier molecular flexibility index (Phi) is 47.7. The maximum Gasteiger partial charge on any atom is 0.305 e. The Bertz CT molecular complexity index is 1010. The molecule has 0 aliphatic carbocycles. The van der Waals surface area contributed by atoms with Crippen LogP contribution in [0.1, 0.15) is 285 Å². The van der Waals surface area contributed by atoms with Gasteiger partial charge in [-0.3, -0.25) is 19.2 Å². The van der Waals surface area contributed by atoms with E-state index >= 15 is 0 Å². The molecular formula is C58H110O11. The number of hydrogen-bond donors (Lipinski definition) is 2. The van der Waals surface area contributed by atoms with Gasteiger partial charge in [-0.05, 0) is 25.7 Å². The van der Waals surface area contributed by atoms with Crippen LogP contribution in [0.25, 0.3) is 0 Å². The quantitative estimate of drug-likeness (QED) is 0.0340. The first-order chi connectivity index (χ1) is 33.6. The number of rotatable bonds is 54. The summed E-state index contributed by atoms with van der Waals surface area (Å²) < 4.78 is 29.2. The van der Waals surface area contributed by atoms with Gasteiger partial charge < -0.3 is 33.9 Å². The number of carbonyl (C=O) groups excluding carboxylic acids is 4. The van der Waals surface area contributed by atoms with Crippen LogP contribution in [-0.4, -0.2) is 86.9 Å². The van der Waals surface area contributed by atoms with E-state index in [0.717, 1.165) is 77.0 Å². The zero-order chi connectivity index (χ0) is 50.8. The van der Waals surface area contributed by atoms with Crippen LogP contribution in [0.5, 0.6) is 0 Å². The van der Waals surface area contributed by atoms with E-state index in [1.807, 2.05) is 0 Å². The third-order valence-electron chi connectivity index (χ3n) is 13.6. The molecule has 0 unspecified atom stereocenters. The normalized spacial score (nSPS) is 11.8. The third kappa shape index (κ3) is 42.0. The second kappa shape index (κ2) is 49.3. The summed E-state index contributed by atoms with van der Waals surface area (Å²) in [6.45, 7) is 6.52.